The third-order valence-electron chi connectivity index (χ3n) is 2.38. The first kappa shape index (κ1) is 12.5. The zero-order valence-electron chi connectivity index (χ0n) is 9.85. The van der Waals surface area contributed by atoms with Crippen molar-refractivity contribution in [3.8, 4) is 17.2 Å². The maximum absolute atomic E-state index is 11.2. The van der Waals surface area contributed by atoms with Crippen LogP contribution in [0.15, 0.2) is 18.2 Å². The Balaban J connectivity index is 1.75. The van der Waals surface area contributed by atoms with E-state index in [1.54, 1.807) is 18.2 Å². The number of hydrogen-bond acceptors (Lipinski definition) is 5. The van der Waals surface area contributed by atoms with Gasteiger partial charge in [0.25, 0.3) is 0 Å². The van der Waals surface area contributed by atoms with E-state index in [0.29, 0.717) is 17.2 Å². The average Bonchev–Trinajstić information content (AvgIpc) is 2.83. The summed E-state index contributed by atoms with van der Waals surface area (Å²) >= 11 is 0. The predicted octanol–water partition coefficient (Wildman–Crippen LogP) is 0.293. The van der Waals surface area contributed by atoms with Gasteiger partial charge in [-0.1, -0.05) is 0 Å². The van der Waals surface area contributed by atoms with Crippen LogP contribution in [-0.4, -0.2) is 37.6 Å². The summed E-state index contributed by atoms with van der Waals surface area (Å²) < 4.78 is 15.8. The minimum Gasteiger partial charge on any atom is -0.493 e. The lowest BCUT2D eigenvalue weighted by Gasteiger charge is -2.07. The van der Waals surface area contributed by atoms with E-state index >= 15 is 0 Å². The van der Waals surface area contributed by atoms with Gasteiger partial charge in [0.05, 0.1) is 19.6 Å². The summed E-state index contributed by atoms with van der Waals surface area (Å²) in [7, 11) is 0. The number of ether oxygens (including phenoxy) is 3. The summed E-state index contributed by atoms with van der Waals surface area (Å²) in [6.45, 7) is 0.705. The number of hydrogen-bond donors (Lipinski definition) is 2. The molecule has 0 aromatic heterocycles. The molecule has 0 bridgehead atoms. The predicted molar refractivity (Wildman–Crippen MR) is 62.8 cm³/mol. The zero-order valence-corrected chi connectivity index (χ0v) is 9.85. The van der Waals surface area contributed by atoms with Crippen molar-refractivity contribution in [3.63, 3.8) is 0 Å². The summed E-state index contributed by atoms with van der Waals surface area (Å²) in [5.74, 6) is 1.83. The Morgan fingerprint density at radius 3 is 3.06 bits per heavy atom. The summed E-state index contributed by atoms with van der Waals surface area (Å²) in [4.78, 5) is 11.2. The molecule has 6 heteroatoms. The Bertz CT molecular complexity index is 421. The van der Waals surface area contributed by atoms with Gasteiger partial charge in [0.1, 0.15) is 5.75 Å². The first-order valence-corrected chi connectivity index (χ1v) is 5.69. The molecule has 98 valence electrons. The maximum Gasteiger partial charge on any atom is 0.231 e. The second-order valence-electron chi connectivity index (χ2n) is 3.69. The molecule has 0 spiro atoms. The maximum atomic E-state index is 11.2. The molecule has 1 aliphatic heterocycles. The van der Waals surface area contributed by atoms with Gasteiger partial charge in [-0.3, -0.25) is 4.79 Å². The number of fused-ring (bicyclic) bond motifs is 1. The van der Waals surface area contributed by atoms with Crippen LogP contribution in [0.25, 0.3) is 0 Å². The van der Waals surface area contributed by atoms with Gasteiger partial charge in [0, 0.05) is 12.6 Å². The quantitative estimate of drug-likeness (QED) is 0.762. The molecule has 2 rings (SSSR count). The van der Waals surface area contributed by atoms with Crippen molar-refractivity contribution >= 4 is 5.91 Å². The average molecular weight is 253 g/mol. The molecule has 0 unspecified atom stereocenters. The highest BCUT2D eigenvalue weighted by molar-refractivity contribution is 5.75. The van der Waals surface area contributed by atoms with Gasteiger partial charge in [-0.15, -0.1) is 0 Å². The summed E-state index contributed by atoms with van der Waals surface area (Å²) in [6, 6.07) is 5.26. The Labute approximate surface area is 104 Å². The van der Waals surface area contributed by atoms with E-state index in [2.05, 4.69) is 5.32 Å². The van der Waals surface area contributed by atoms with Crippen LogP contribution in [0.4, 0.5) is 0 Å². The monoisotopic (exact) mass is 253 g/mol. The fourth-order valence-corrected chi connectivity index (χ4v) is 1.51. The van der Waals surface area contributed by atoms with Gasteiger partial charge in [-0.05, 0) is 12.1 Å². The topological polar surface area (TPSA) is 77.0 Å². The van der Waals surface area contributed by atoms with E-state index in [1.807, 2.05) is 0 Å². The first-order chi connectivity index (χ1) is 8.79. The molecule has 1 aromatic rings. The molecule has 1 amide bonds. The number of amides is 1. The minimum absolute atomic E-state index is 0.0608. The highest BCUT2D eigenvalue weighted by Crippen LogP contribution is 2.34. The molecule has 0 fully saturated rings. The smallest absolute Gasteiger partial charge is 0.231 e. The molecular weight excluding hydrogens is 238 g/mol. The van der Waals surface area contributed by atoms with Gasteiger partial charge in [-0.2, -0.15) is 0 Å². The van der Waals surface area contributed by atoms with Crippen LogP contribution in [0, 0.1) is 0 Å². The van der Waals surface area contributed by atoms with Crippen LogP contribution < -0.4 is 19.5 Å². The van der Waals surface area contributed by atoms with E-state index in [9.17, 15) is 4.79 Å². The van der Waals surface area contributed by atoms with Crippen LogP contribution in [0.5, 0.6) is 17.2 Å². The van der Waals surface area contributed by atoms with E-state index in [0.717, 1.165) is 0 Å². The number of rotatable bonds is 6. The second-order valence-corrected chi connectivity index (χ2v) is 3.69. The lowest BCUT2D eigenvalue weighted by Crippen LogP contribution is -2.27. The molecule has 1 aromatic carbocycles. The lowest BCUT2D eigenvalue weighted by atomic mass is 10.3. The summed E-state index contributed by atoms with van der Waals surface area (Å²) in [5, 5.41) is 11.1. The van der Waals surface area contributed by atoms with E-state index in [4.69, 9.17) is 19.3 Å². The normalized spacial score (nSPS) is 12.3. The van der Waals surface area contributed by atoms with Crippen molar-refractivity contribution in [1.29, 1.82) is 0 Å². The number of aliphatic hydroxyl groups excluding tert-OH is 1. The van der Waals surface area contributed by atoms with E-state index in [-0.39, 0.29) is 38.9 Å². The van der Waals surface area contributed by atoms with Gasteiger partial charge >= 0.3 is 0 Å². The molecule has 18 heavy (non-hydrogen) atoms. The number of carbonyl (C=O) groups is 1. The van der Waals surface area contributed by atoms with Crippen molar-refractivity contribution in [2.24, 2.45) is 0 Å². The Morgan fingerprint density at radius 1 is 1.39 bits per heavy atom. The summed E-state index contributed by atoms with van der Waals surface area (Å²) in [5.41, 5.74) is 0. The zero-order chi connectivity index (χ0) is 12.8. The minimum atomic E-state index is -0.148. The molecule has 1 heterocycles. The van der Waals surface area contributed by atoms with Crippen molar-refractivity contribution in [2.75, 3.05) is 26.6 Å². The van der Waals surface area contributed by atoms with E-state index in [1.165, 1.54) is 0 Å². The first-order valence-electron chi connectivity index (χ1n) is 5.69. The Kier molecular flexibility index (Phi) is 4.25. The van der Waals surface area contributed by atoms with Gasteiger partial charge in [0.15, 0.2) is 11.5 Å². The van der Waals surface area contributed by atoms with Crippen LogP contribution >= 0.6 is 0 Å². The highest BCUT2D eigenvalue weighted by atomic mass is 16.7. The van der Waals surface area contributed by atoms with Crippen molar-refractivity contribution < 1.29 is 24.1 Å². The van der Waals surface area contributed by atoms with Gasteiger partial charge in [-0.25, -0.2) is 0 Å². The second kappa shape index (κ2) is 6.11. The largest absolute Gasteiger partial charge is 0.493 e. The third kappa shape index (κ3) is 3.27. The van der Waals surface area contributed by atoms with Crippen LogP contribution in [0.3, 0.4) is 0 Å². The Morgan fingerprint density at radius 2 is 2.22 bits per heavy atom. The highest BCUT2D eigenvalue weighted by Gasteiger charge is 2.13. The molecule has 0 atom stereocenters. The number of aliphatic hydroxyl groups is 1. The lowest BCUT2D eigenvalue weighted by molar-refractivity contribution is -0.121. The van der Waals surface area contributed by atoms with Crippen LogP contribution in [0.1, 0.15) is 6.42 Å². The number of benzene rings is 1. The molecule has 0 radical (unpaired) electrons. The molecule has 1 aliphatic rings. The third-order valence-corrected chi connectivity index (χ3v) is 2.38. The fourth-order valence-electron chi connectivity index (χ4n) is 1.51. The fraction of sp³-hybridized carbons (Fsp3) is 0.417. The van der Waals surface area contributed by atoms with Crippen molar-refractivity contribution in [1.82, 2.24) is 5.32 Å². The molecule has 0 saturated carbocycles. The summed E-state index contributed by atoms with van der Waals surface area (Å²) in [6.07, 6.45) is 0.244. The SMILES string of the molecule is O=C(CCOc1ccc2c(c1)OCO2)NCCO. The molecule has 0 aliphatic carbocycles. The molecule has 2 N–H and O–H groups in total. The van der Waals surface area contributed by atoms with Crippen LogP contribution in [-0.2, 0) is 4.79 Å². The molecular formula is C12H15NO5. The standard InChI is InChI=1S/C12H15NO5/c14-5-4-13-12(15)3-6-16-9-1-2-10-11(7-9)18-8-17-10/h1-2,7,14H,3-6,8H2,(H,13,15). The molecule has 0 saturated heterocycles. The van der Waals surface area contributed by atoms with Gasteiger partial charge in [0.2, 0.25) is 12.7 Å². The molecule has 6 nitrogen and oxygen atoms in total. The van der Waals surface area contributed by atoms with Crippen LogP contribution in [0.2, 0.25) is 0 Å². The number of nitrogens with one attached hydrogen (secondary N) is 1. The van der Waals surface area contributed by atoms with E-state index < -0.39 is 0 Å². The Hall–Kier alpha value is -1.95. The van der Waals surface area contributed by atoms with Crippen molar-refractivity contribution in [3.05, 3.63) is 18.2 Å². The number of carbonyl (C=O) groups excluding carboxylic acids is 1. The van der Waals surface area contributed by atoms with Gasteiger partial charge < -0.3 is 24.6 Å². The van der Waals surface area contributed by atoms with Crippen molar-refractivity contribution in [2.45, 2.75) is 6.42 Å².